The third kappa shape index (κ3) is 2.30. The number of benzene rings is 1. The number of likely N-dealkylation sites (tertiary alicyclic amines) is 1. The Hall–Kier alpha value is -1.28. The molecule has 1 aromatic heterocycles. The smallest absolute Gasteiger partial charge is 0.0456 e. The molecule has 1 atom stereocenters. The SMILES string of the molecule is CC1CCCCN1CCc1c[nH]c2ccccc12. The fourth-order valence-electron chi connectivity index (χ4n) is 3.09. The van der Waals surface area contributed by atoms with Gasteiger partial charge in [-0.3, -0.25) is 0 Å². The number of hydrogen-bond donors (Lipinski definition) is 1. The molecule has 18 heavy (non-hydrogen) atoms. The zero-order valence-electron chi connectivity index (χ0n) is 11.2. The van der Waals surface area contributed by atoms with E-state index < -0.39 is 0 Å². The average Bonchev–Trinajstić information content (AvgIpc) is 2.81. The molecule has 2 nitrogen and oxygen atoms in total. The first kappa shape index (κ1) is 11.8. The maximum absolute atomic E-state index is 3.37. The Balaban J connectivity index is 1.69. The molecule has 1 N–H and O–H groups in total. The van der Waals surface area contributed by atoms with Gasteiger partial charge in [0.25, 0.3) is 0 Å². The highest BCUT2D eigenvalue weighted by Crippen LogP contribution is 2.20. The summed E-state index contributed by atoms with van der Waals surface area (Å²) in [5, 5.41) is 1.39. The molecule has 1 aromatic carbocycles. The lowest BCUT2D eigenvalue weighted by atomic mass is 10.0. The lowest BCUT2D eigenvalue weighted by Crippen LogP contribution is -2.38. The first-order valence-electron chi connectivity index (χ1n) is 7.13. The standard InChI is InChI=1S/C16H22N2/c1-13-6-4-5-10-18(13)11-9-14-12-17-16-8-3-2-7-15(14)16/h2-3,7-8,12-13,17H,4-6,9-11H2,1H3. The number of para-hydroxylation sites is 1. The van der Waals surface area contributed by atoms with Crippen molar-refractivity contribution in [3.05, 3.63) is 36.0 Å². The first-order valence-corrected chi connectivity index (χ1v) is 7.13. The Bertz CT molecular complexity index is 515. The summed E-state index contributed by atoms with van der Waals surface area (Å²) in [7, 11) is 0. The van der Waals surface area contributed by atoms with Gasteiger partial charge in [0, 0.05) is 29.7 Å². The van der Waals surface area contributed by atoms with Gasteiger partial charge in [0.2, 0.25) is 0 Å². The number of nitrogens with one attached hydrogen (secondary N) is 1. The van der Waals surface area contributed by atoms with Gasteiger partial charge in [-0.1, -0.05) is 24.6 Å². The van der Waals surface area contributed by atoms with Crippen LogP contribution in [-0.2, 0) is 6.42 Å². The second-order valence-corrected chi connectivity index (χ2v) is 5.49. The third-order valence-corrected chi connectivity index (χ3v) is 4.28. The van der Waals surface area contributed by atoms with E-state index in [4.69, 9.17) is 0 Å². The van der Waals surface area contributed by atoms with Crippen molar-refractivity contribution >= 4 is 10.9 Å². The molecule has 0 aliphatic carbocycles. The Morgan fingerprint density at radius 2 is 2.17 bits per heavy atom. The Morgan fingerprint density at radius 1 is 1.28 bits per heavy atom. The van der Waals surface area contributed by atoms with Crippen molar-refractivity contribution in [1.82, 2.24) is 9.88 Å². The lowest BCUT2D eigenvalue weighted by Gasteiger charge is -2.33. The van der Waals surface area contributed by atoms with Gasteiger partial charge in [0.05, 0.1) is 0 Å². The molecule has 1 unspecified atom stereocenters. The van der Waals surface area contributed by atoms with Gasteiger partial charge in [0.15, 0.2) is 0 Å². The maximum atomic E-state index is 3.37. The number of piperidine rings is 1. The molecule has 1 aliphatic heterocycles. The minimum absolute atomic E-state index is 0.768. The van der Waals surface area contributed by atoms with E-state index in [1.165, 1.54) is 48.8 Å². The van der Waals surface area contributed by atoms with Crippen LogP contribution in [-0.4, -0.2) is 29.0 Å². The highest BCUT2D eigenvalue weighted by Gasteiger charge is 2.17. The van der Waals surface area contributed by atoms with Gasteiger partial charge in [-0.05, 0) is 44.4 Å². The molecular formula is C16H22N2. The molecule has 2 heteroatoms. The van der Waals surface area contributed by atoms with E-state index >= 15 is 0 Å². The van der Waals surface area contributed by atoms with Gasteiger partial charge in [-0.15, -0.1) is 0 Å². The monoisotopic (exact) mass is 242 g/mol. The molecule has 96 valence electrons. The minimum Gasteiger partial charge on any atom is -0.361 e. The minimum atomic E-state index is 0.768. The van der Waals surface area contributed by atoms with Crippen LogP contribution >= 0.6 is 0 Å². The van der Waals surface area contributed by atoms with Crippen LogP contribution in [0.4, 0.5) is 0 Å². The van der Waals surface area contributed by atoms with Gasteiger partial charge >= 0.3 is 0 Å². The van der Waals surface area contributed by atoms with Crippen LogP contribution in [0.1, 0.15) is 31.7 Å². The van der Waals surface area contributed by atoms with E-state index in [-0.39, 0.29) is 0 Å². The van der Waals surface area contributed by atoms with Gasteiger partial charge in [0.1, 0.15) is 0 Å². The van der Waals surface area contributed by atoms with E-state index in [9.17, 15) is 0 Å². The molecule has 1 aliphatic rings. The molecule has 0 bridgehead atoms. The van der Waals surface area contributed by atoms with E-state index in [0.717, 1.165) is 12.5 Å². The topological polar surface area (TPSA) is 19.0 Å². The zero-order chi connectivity index (χ0) is 12.4. The normalized spacial score (nSPS) is 21.5. The Morgan fingerprint density at radius 3 is 3.06 bits per heavy atom. The summed E-state index contributed by atoms with van der Waals surface area (Å²) in [6.07, 6.45) is 7.49. The number of aromatic amines is 1. The van der Waals surface area contributed by atoms with Gasteiger partial charge < -0.3 is 9.88 Å². The van der Waals surface area contributed by atoms with Crippen molar-refractivity contribution in [2.45, 2.75) is 38.6 Å². The molecule has 2 aromatic rings. The van der Waals surface area contributed by atoms with Crippen LogP contribution in [0.2, 0.25) is 0 Å². The highest BCUT2D eigenvalue weighted by molar-refractivity contribution is 5.83. The number of aromatic nitrogens is 1. The largest absolute Gasteiger partial charge is 0.361 e. The fourth-order valence-corrected chi connectivity index (χ4v) is 3.09. The molecule has 2 heterocycles. The molecule has 0 saturated carbocycles. The Labute approximate surface area is 109 Å². The van der Waals surface area contributed by atoms with E-state index in [0.29, 0.717) is 0 Å². The molecule has 0 spiro atoms. The number of fused-ring (bicyclic) bond motifs is 1. The highest BCUT2D eigenvalue weighted by atomic mass is 15.1. The third-order valence-electron chi connectivity index (χ3n) is 4.28. The molecule has 3 rings (SSSR count). The van der Waals surface area contributed by atoms with Crippen molar-refractivity contribution in [1.29, 1.82) is 0 Å². The van der Waals surface area contributed by atoms with Crippen LogP contribution in [0.15, 0.2) is 30.5 Å². The first-order chi connectivity index (χ1) is 8.84. The van der Waals surface area contributed by atoms with Crippen LogP contribution in [0.25, 0.3) is 10.9 Å². The summed E-state index contributed by atoms with van der Waals surface area (Å²) >= 11 is 0. The van der Waals surface area contributed by atoms with Crippen LogP contribution in [0.5, 0.6) is 0 Å². The van der Waals surface area contributed by atoms with E-state index in [2.05, 4.69) is 47.3 Å². The van der Waals surface area contributed by atoms with E-state index in [1.807, 2.05) is 0 Å². The lowest BCUT2D eigenvalue weighted by molar-refractivity contribution is 0.163. The predicted octanol–water partition coefficient (Wildman–Crippen LogP) is 3.58. The summed E-state index contributed by atoms with van der Waals surface area (Å²) in [6.45, 7) is 4.85. The number of rotatable bonds is 3. The van der Waals surface area contributed by atoms with Crippen molar-refractivity contribution in [2.24, 2.45) is 0 Å². The zero-order valence-corrected chi connectivity index (χ0v) is 11.2. The molecule has 1 fully saturated rings. The summed E-state index contributed by atoms with van der Waals surface area (Å²) in [5.74, 6) is 0. The number of nitrogens with zero attached hydrogens (tertiary/aromatic N) is 1. The van der Waals surface area contributed by atoms with Crippen LogP contribution < -0.4 is 0 Å². The molecule has 1 saturated heterocycles. The number of hydrogen-bond acceptors (Lipinski definition) is 1. The summed E-state index contributed by atoms with van der Waals surface area (Å²) in [4.78, 5) is 6.01. The second kappa shape index (κ2) is 5.15. The quantitative estimate of drug-likeness (QED) is 0.871. The number of H-pyrrole nitrogens is 1. The van der Waals surface area contributed by atoms with Crippen molar-refractivity contribution in [3.63, 3.8) is 0 Å². The van der Waals surface area contributed by atoms with Gasteiger partial charge in [-0.25, -0.2) is 0 Å². The molecular weight excluding hydrogens is 220 g/mol. The predicted molar refractivity (Wildman–Crippen MR) is 76.9 cm³/mol. The van der Waals surface area contributed by atoms with Crippen LogP contribution in [0, 0.1) is 0 Å². The van der Waals surface area contributed by atoms with E-state index in [1.54, 1.807) is 0 Å². The summed E-state index contributed by atoms with van der Waals surface area (Å²) < 4.78 is 0. The molecule has 0 amide bonds. The fraction of sp³-hybridized carbons (Fsp3) is 0.500. The second-order valence-electron chi connectivity index (χ2n) is 5.49. The summed E-state index contributed by atoms with van der Waals surface area (Å²) in [6, 6.07) is 9.37. The van der Waals surface area contributed by atoms with Gasteiger partial charge in [-0.2, -0.15) is 0 Å². The van der Waals surface area contributed by atoms with Crippen molar-refractivity contribution < 1.29 is 0 Å². The summed E-state index contributed by atoms with van der Waals surface area (Å²) in [5.41, 5.74) is 2.72. The van der Waals surface area contributed by atoms with Crippen molar-refractivity contribution in [2.75, 3.05) is 13.1 Å². The maximum Gasteiger partial charge on any atom is 0.0456 e. The Kier molecular flexibility index (Phi) is 3.37. The van der Waals surface area contributed by atoms with Crippen LogP contribution in [0.3, 0.4) is 0 Å². The van der Waals surface area contributed by atoms with Crippen molar-refractivity contribution in [3.8, 4) is 0 Å². The molecule has 0 radical (unpaired) electrons. The average molecular weight is 242 g/mol.